The molecular weight excluding hydrogens is 1210 g/mol. The Morgan fingerprint density at radius 3 is 1.47 bits per heavy atom. The van der Waals surface area contributed by atoms with E-state index in [0.717, 1.165) is 28.4 Å². The summed E-state index contributed by atoms with van der Waals surface area (Å²) in [5, 5.41) is 9.43. The van der Waals surface area contributed by atoms with Gasteiger partial charge in [0.05, 0.1) is 0 Å². The molecule has 7 aromatic heterocycles. The van der Waals surface area contributed by atoms with Gasteiger partial charge in [0.15, 0.2) is 0 Å². The molecule has 0 aliphatic carbocycles. The maximum absolute atomic E-state index is 7.49. The fourth-order valence-electron chi connectivity index (χ4n) is 11.7. The van der Waals surface area contributed by atoms with Gasteiger partial charge in [-0.25, -0.2) is 0 Å². The predicted octanol–water partition coefficient (Wildman–Crippen LogP) is 24.4. The number of aromatic nitrogens is 2. The van der Waals surface area contributed by atoms with Crippen molar-refractivity contribution in [3.05, 3.63) is 89.8 Å². The van der Waals surface area contributed by atoms with E-state index < -0.39 is 0 Å². The summed E-state index contributed by atoms with van der Waals surface area (Å²) in [5.74, 6) is 1.36. The van der Waals surface area contributed by atoms with Gasteiger partial charge >= 0.3 is 379 Å². The molecule has 7 heterocycles. The van der Waals surface area contributed by atoms with Crippen LogP contribution >= 0.6 is 80.1 Å². The topological polar surface area (TPSA) is 25.8 Å². The van der Waals surface area contributed by atoms with Crippen LogP contribution in [0.2, 0.25) is 10.0 Å². The van der Waals surface area contributed by atoms with Crippen LogP contribution in [-0.4, -0.2) is 38.6 Å². The van der Waals surface area contributed by atoms with E-state index in [1.165, 1.54) is 248 Å². The third-order valence-corrected chi connectivity index (χ3v) is 27.1. The second-order valence-electron chi connectivity index (χ2n) is 22.1. The van der Waals surface area contributed by atoms with Gasteiger partial charge in [-0.3, -0.25) is 0 Å². The number of aryl methyl sites for hydroxylation is 2. The Kier molecular flexibility index (Phi) is 23.2. The minimum atomic E-state index is 0.102. The van der Waals surface area contributed by atoms with Crippen molar-refractivity contribution in [1.82, 2.24) is 9.59 Å². The zero-order valence-corrected chi connectivity index (χ0v) is 55.8. The molecule has 0 spiro atoms. The van der Waals surface area contributed by atoms with Crippen LogP contribution in [-0.2, 0) is 12.8 Å². The molecule has 2 atom stereocenters. The molecule has 77 heavy (non-hydrogen) atoms. The number of nitrogens with zero attached hydrogens (tertiary/aromatic N) is 2. The predicted molar refractivity (Wildman–Crippen MR) is 352 cm³/mol. The van der Waals surface area contributed by atoms with Crippen molar-refractivity contribution >= 4 is 139 Å². The van der Waals surface area contributed by atoms with E-state index in [4.69, 9.17) is 28.3 Å². The Hall–Kier alpha value is -1.84. The molecule has 0 aliphatic rings. The Morgan fingerprint density at radius 1 is 0.455 bits per heavy atom. The van der Waals surface area contributed by atoms with Gasteiger partial charge in [0.2, 0.25) is 0 Å². The van der Waals surface area contributed by atoms with Gasteiger partial charge in [-0.05, 0) is 0 Å². The summed E-state index contributed by atoms with van der Waals surface area (Å²) in [4.78, 5) is 8.12. The molecule has 2 nitrogen and oxygen atoms in total. The SMILES string of the molecule is CCCCCCCCC(CCCCCC)Cc1sc(-c2c3cc(-c4ccc(-c5ccc(-c6ccc(C)[se]6)c6snnc56)[se]4)sc3c(-c3cc(Cl)c(CC(CCCCCC)CCCCCCCC)s3)c3cc(C)sc23)cc1Cl. The quantitative estimate of drug-likeness (QED) is 0.0303. The summed E-state index contributed by atoms with van der Waals surface area (Å²) in [5.41, 5.74) is 6.34. The first-order valence-corrected chi connectivity index (χ1v) is 37.9. The van der Waals surface area contributed by atoms with E-state index in [2.05, 4.69) is 107 Å². The van der Waals surface area contributed by atoms with E-state index in [1.54, 1.807) is 11.5 Å². The molecule has 2 unspecified atom stereocenters. The molecule has 9 aromatic rings. The zero-order chi connectivity index (χ0) is 53.7. The monoisotopic (exact) mass is 1290 g/mol. The molecule has 0 fully saturated rings. The van der Waals surface area contributed by atoms with Crippen molar-refractivity contribution in [2.75, 3.05) is 0 Å². The van der Waals surface area contributed by atoms with Gasteiger partial charge in [0, 0.05) is 0 Å². The first-order chi connectivity index (χ1) is 37.7. The van der Waals surface area contributed by atoms with E-state index in [1.807, 2.05) is 45.3 Å². The summed E-state index contributed by atoms with van der Waals surface area (Å²) in [7, 11) is 0. The van der Waals surface area contributed by atoms with Crippen molar-refractivity contribution in [3.63, 3.8) is 0 Å². The van der Waals surface area contributed by atoms with Crippen molar-refractivity contribution in [2.24, 2.45) is 11.8 Å². The van der Waals surface area contributed by atoms with Crippen LogP contribution in [0.15, 0.2) is 60.7 Å². The number of hydrogen-bond donors (Lipinski definition) is 0. The number of rotatable bonds is 33. The first-order valence-electron chi connectivity index (χ1n) is 29.7. The summed E-state index contributed by atoms with van der Waals surface area (Å²) in [6.45, 7) is 13.8. The Morgan fingerprint density at radius 2 is 0.922 bits per heavy atom. The molecule has 11 heteroatoms. The molecule has 0 N–H and O–H groups in total. The Labute approximate surface area is 504 Å². The average Bonchev–Trinajstić information content (AvgIpc) is 4.47. The van der Waals surface area contributed by atoms with E-state index in [9.17, 15) is 0 Å². The Bertz CT molecular complexity index is 3130. The van der Waals surface area contributed by atoms with Crippen LogP contribution in [0, 0.1) is 25.7 Å². The molecule has 0 radical (unpaired) electrons. The zero-order valence-electron chi connectivity index (χ0n) is 46.8. The van der Waals surface area contributed by atoms with Crippen LogP contribution in [0.25, 0.3) is 80.6 Å². The van der Waals surface area contributed by atoms with Gasteiger partial charge < -0.3 is 0 Å². The summed E-state index contributed by atoms with van der Waals surface area (Å²) in [6, 6.07) is 23.8. The fourth-order valence-corrected chi connectivity index (χ4v) is 22.4. The van der Waals surface area contributed by atoms with Crippen LogP contribution in [0.5, 0.6) is 0 Å². The molecule has 9 rings (SSSR count). The van der Waals surface area contributed by atoms with E-state index in [-0.39, 0.29) is 14.5 Å². The number of benzene rings is 2. The molecule has 0 amide bonds. The summed E-state index contributed by atoms with van der Waals surface area (Å²) < 4.78 is 14.2. The maximum atomic E-state index is 7.49. The van der Waals surface area contributed by atoms with E-state index >= 15 is 0 Å². The molecular formula is C66H82Cl2N2S5Se2. The number of halogens is 2. The molecule has 0 bridgehead atoms. The molecule has 412 valence electrons. The molecule has 0 saturated carbocycles. The van der Waals surface area contributed by atoms with Crippen molar-refractivity contribution < 1.29 is 0 Å². The van der Waals surface area contributed by atoms with Crippen molar-refractivity contribution in [2.45, 2.75) is 208 Å². The minimum absolute atomic E-state index is 0.102. The molecule has 2 aromatic carbocycles. The van der Waals surface area contributed by atoms with Gasteiger partial charge in [-0.1, -0.05) is 130 Å². The second kappa shape index (κ2) is 29.9. The third-order valence-electron chi connectivity index (χ3n) is 15.9. The fraction of sp³-hybridized carbons (Fsp3) is 0.515. The first kappa shape index (κ1) is 59.8. The normalized spacial score (nSPS) is 12.9. The number of fused-ring (bicyclic) bond motifs is 3. The van der Waals surface area contributed by atoms with Gasteiger partial charge in [0.25, 0.3) is 0 Å². The number of thiophene rings is 4. The van der Waals surface area contributed by atoms with Crippen molar-refractivity contribution in [3.8, 4) is 50.2 Å². The molecule has 0 aliphatic heterocycles. The Balaban J connectivity index is 1.11. The summed E-state index contributed by atoms with van der Waals surface area (Å²) in [6.07, 6.45) is 34.2. The van der Waals surface area contributed by atoms with Gasteiger partial charge in [0.1, 0.15) is 0 Å². The molecule has 0 saturated heterocycles. The van der Waals surface area contributed by atoms with Gasteiger partial charge in [-0.2, -0.15) is 0 Å². The van der Waals surface area contributed by atoms with Crippen LogP contribution in [0.4, 0.5) is 0 Å². The average molecular weight is 1290 g/mol. The van der Waals surface area contributed by atoms with E-state index in [0.29, 0.717) is 26.3 Å². The van der Waals surface area contributed by atoms with Crippen LogP contribution in [0.3, 0.4) is 0 Å². The van der Waals surface area contributed by atoms with Crippen molar-refractivity contribution in [1.29, 1.82) is 0 Å². The third kappa shape index (κ3) is 15.2. The standard InChI is InChI=1S/C66H82Cl2N2S5Se2/c1-7-11-15-19-21-25-29-45(27-23-17-13-9-3)38-53-51(67)41-56(72-53)61-49-37-43(5)71-64(49)62(57-42-52(68)54(73-57)39-46(28-24-18-14-10-4)30-26-22-20-16-12-8-2)50-40-55(74-65(50)61)60-36-35-58(77-60)47-32-33-48(59-34-31-44(6)76-59)66-63(47)69-70-75-66/h31-37,40-42,45-46H,7-30,38-39H2,1-6H3. The van der Waals surface area contributed by atoms with Crippen LogP contribution in [0.1, 0.15) is 201 Å². The van der Waals surface area contributed by atoms with Gasteiger partial charge in [-0.15, -0.1) is 0 Å². The second-order valence-corrected chi connectivity index (χ2v) is 33.2. The summed E-state index contributed by atoms with van der Waals surface area (Å²) >= 11 is 24.9. The number of hydrogen-bond acceptors (Lipinski definition) is 7. The number of unbranched alkanes of at least 4 members (excludes halogenated alkanes) is 16. The van der Waals surface area contributed by atoms with Crippen LogP contribution < -0.4 is 0 Å².